The standard InChI is InChI=1S/C20H22N6O2/c1-13-21-22-18-7-8-19(23-26(13)18)25-10-16(11-25)24(2)20(27)15-9-14-5-3-4-6-17(14)28-12-15/h3-8,15-16H,9-12H2,1-2H3. The summed E-state index contributed by atoms with van der Waals surface area (Å²) >= 11 is 0. The lowest BCUT2D eigenvalue weighted by atomic mass is 9.94. The van der Waals surface area contributed by atoms with Crippen molar-refractivity contribution in [3.05, 3.63) is 47.8 Å². The number of para-hydroxylation sites is 1. The van der Waals surface area contributed by atoms with E-state index in [1.165, 1.54) is 0 Å². The first-order valence-electron chi connectivity index (χ1n) is 9.51. The summed E-state index contributed by atoms with van der Waals surface area (Å²) in [5, 5.41) is 12.7. The highest BCUT2D eigenvalue weighted by Gasteiger charge is 2.37. The van der Waals surface area contributed by atoms with Gasteiger partial charge in [0.15, 0.2) is 11.5 Å². The Kier molecular flexibility index (Phi) is 3.92. The Morgan fingerprint density at radius 3 is 2.86 bits per heavy atom. The van der Waals surface area contributed by atoms with Crippen LogP contribution in [-0.4, -0.2) is 63.4 Å². The van der Waals surface area contributed by atoms with Gasteiger partial charge in [0.1, 0.15) is 18.2 Å². The van der Waals surface area contributed by atoms with Crippen molar-refractivity contribution >= 4 is 17.4 Å². The van der Waals surface area contributed by atoms with E-state index in [1.54, 1.807) is 4.52 Å². The maximum atomic E-state index is 13.0. The minimum Gasteiger partial charge on any atom is -0.492 e. The van der Waals surface area contributed by atoms with Crippen LogP contribution in [0.25, 0.3) is 5.65 Å². The summed E-state index contributed by atoms with van der Waals surface area (Å²) in [4.78, 5) is 17.0. The number of rotatable bonds is 3. The van der Waals surface area contributed by atoms with Crippen LogP contribution in [0.1, 0.15) is 11.4 Å². The van der Waals surface area contributed by atoms with Gasteiger partial charge in [-0.3, -0.25) is 4.79 Å². The van der Waals surface area contributed by atoms with Crippen LogP contribution < -0.4 is 9.64 Å². The van der Waals surface area contributed by atoms with Gasteiger partial charge in [-0.05, 0) is 37.1 Å². The first kappa shape index (κ1) is 17.0. The van der Waals surface area contributed by atoms with Gasteiger partial charge in [0.2, 0.25) is 5.91 Å². The van der Waals surface area contributed by atoms with E-state index in [9.17, 15) is 4.79 Å². The quantitative estimate of drug-likeness (QED) is 0.685. The number of likely N-dealkylation sites (N-methyl/N-ethyl adjacent to an activating group) is 1. The molecule has 0 spiro atoms. The average molecular weight is 378 g/mol. The second-order valence-electron chi connectivity index (χ2n) is 7.54. The van der Waals surface area contributed by atoms with Crippen LogP contribution in [0.3, 0.4) is 0 Å². The van der Waals surface area contributed by atoms with Crippen molar-refractivity contribution in [2.24, 2.45) is 5.92 Å². The highest BCUT2D eigenvalue weighted by atomic mass is 16.5. The maximum absolute atomic E-state index is 13.0. The van der Waals surface area contributed by atoms with E-state index < -0.39 is 0 Å². The molecule has 8 heteroatoms. The molecule has 1 amide bonds. The third kappa shape index (κ3) is 2.76. The number of amides is 1. The minimum atomic E-state index is -0.122. The summed E-state index contributed by atoms with van der Waals surface area (Å²) in [6, 6.07) is 12.0. The predicted molar refractivity (Wildman–Crippen MR) is 103 cm³/mol. The summed E-state index contributed by atoms with van der Waals surface area (Å²) in [5.41, 5.74) is 1.85. The number of benzene rings is 1. The molecule has 2 aliphatic rings. The zero-order chi connectivity index (χ0) is 19.3. The second-order valence-corrected chi connectivity index (χ2v) is 7.54. The third-order valence-electron chi connectivity index (χ3n) is 5.71. The number of aromatic nitrogens is 4. The summed E-state index contributed by atoms with van der Waals surface area (Å²) < 4.78 is 7.54. The van der Waals surface area contributed by atoms with Crippen molar-refractivity contribution in [1.29, 1.82) is 0 Å². The number of hydrogen-bond acceptors (Lipinski definition) is 6. The van der Waals surface area contributed by atoms with Crippen LogP contribution in [0.2, 0.25) is 0 Å². The molecule has 1 saturated heterocycles. The third-order valence-corrected chi connectivity index (χ3v) is 5.71. The predicted octanol–water partition coefficient (Wildman–Crippen LogP) is 1.33. The minimum absolute atomic E-state index is 0.122. The molecule has 0 aliphatic carbocycles. The summed E-state index contributed by atoms with van der Waals surface area (Å²) in [5.74, 6) is 2.57. The fourth-order valence-electron chi connectivity index (χ4n) is 3.90. The maximum Gasteiger partial charge on any atom is 0.229 e. The Bertz CT molecular complexity index is 1040. The molecule has 2 aliphatic heterocycles. The van der Waals surface area contributed by atoms with E-state index in [2.05, 4.69) is 20.2 Å². The Morgan fingerprint density at radius 1 is 1.18 bits per heavy atom. The van der Waals surface area contributed by atoms with Gasteiger partial charge in [-0.2, -0.15) is 4.52 Å². The number of nitrogens with zero attached hydrogens (tertiary/aromatic N) is 6. The highest BCUT2D eigenvalue weighted by Crippen LogP contribution is 2.29. The van der Waals surface area contributed by atoms with Gasteiger partial charge in [-0.25, -0.2) is 0 Å². The monoisotopic (exact) mass is 378 g/mol. The highest BCUT2D eigenvalue weighted by molar-refractivity contribution is 5.80. The van der Waals surface area contributed by atoms with Crippen LogP contribution >= 0.6 is 0 Å². The molecule has 5 rings (SSSR count). The summed E-state index contributed by atoms with van der Waals surface area (Å²) in [6.45, 7) is 3.87. The topological polar surface area (TPSA) is 75.9 Å². The zero-order valence-corrected chi connectivity index (χ0v) is 15.9. The fourth-order valence-corrected chi connectivity index (χ4v) is 3.90. The van der Waals surface area contributed by atoms with E-state index in [0.717, 1.165) is 48.1 Å². The number of ether oxygens (including phenoxy) is 1. The molecule has 8 nitrogen and oxygen atoms in total. The van der Waals surface area contributed by atoms with Gasteiger partial charge in [-0.15, -0.1) is 15.3 Å². The van der Waals surface area contributed by atoms with Gasteiger partial charge < -0.3 is 14.5 Å². The fraction of sp³-hybridized carbons (Fsp3) is 0.400. The summed E-state index contributed by atoms with van der Waals surface area (Å²) in [6.07, 6.45) is 0.737. The van der Waals surface area contributed by atoms with E-state index in [1.807, 2.05) is 55.3 Å². The van der Waals surface area contributed by atoms with E-state index in [4.69, 9.17) is 4.74 Å². The lowest BCUT2D eigenvalue weighted by Gasteiger charge is -2.45. The molecule has 4 heterocycles. The van der Waals surface area contributed by atoms with E-state index in [0.29, 0.717) is 6.61 Å². The molecule has 3 aromatic rings. The second kappa shape index (κ2) is 6.47. The van der Waals surface area contributed by atoms with Gasteiger partial charge in [0, 0.05) is 20.1 Å². The molecular weight excluding hydrogens is 356 g/mol. The van der Waals surface area contributed by atoms with Gasteiger partial charge >= 0.3 is 0 Å². The molecular formula is C20H22N6O2. The number of carbonyl (C=O) groups is 1. The van der Waals surface area contributed by atoms with Crippen molar-refractivity contribution in [3.63, 3.8) is 0 Å². The molecule has 1 atom stereocenters. The Labute approximate surface area is 162 Å². The van der Waals surface area contributed by atoms with Gasteiger partial charge in [0.25, 0.3) is 0 Å². The number of anilines is 1. The van der Waals surface area contributed by atoms with Crippen molar-refractivity contribution in [3.8, 4) is 5.75 Å². The number of carbonyl (C=O) groups excluding carboxylic acids is 1. The zero-order valence-electron chi connectivity index (χ0n) is 15.9. The van der Waals surface area contributed by atoms with Crippen LogP contribution in [0, 0.1) is 12.8 Å². The molecule has 1 aromatic carbocycles. The van der Waals surface area contributed by atoms with E-state index >= 15 is 0 Å². The number of fused-ring (bicyclic) bond motifs is 2. The van der Waals surface area contributed by atoms with Crippen molar-refractivity contribution in [2.75, 3.05) is 31.6 Å². The summed E-state index contributed by atoms with van der Waals surface area (Å²) in [7, 11) is 1.89. The lowest BCUT2D eigenvalue weighted by molar-refractivity contribution is -0.138. The van der Waals surface area contributed by atoms with Crippen LogP contribution in [0.15, 0.2) is 36.4 Å². The molecule has 1 fully saturated rings. The SMILES string of the molecule is Cc1nnc2ccc(N3CC(N(C)C(=O)C4COc5ccccc5C4)C3)nn12. The van der Waals surface area contributed by atoms with Crippen LogP contribution in [0.5, 0.6) is 5.75 Å². The van der Waals surface area contributed by atoms with Gasteiger partial charge in [0.05, 0.1) is 12.0 Å². The molecule has 0 bridgehead atoms. The molecule has 0 radical (unpaired) electrons. The first-order chi connectivity index (χ1) is 13.6. The van der Waals surface area contributed by atoms with Crippen molar-refractivity contribution in [2.45, 2.75) is 19.4 Å². The molecule has 0 N–H and O–H groups in total. The van der Waals surface area contributed by atoms with Crippen LogP contribution in [0.4, 0.5) is 5.82 Å². The Hall–Kier alpha value is -3.16. The molecule has 2 aromatic heterocycles. The lowest BCUT2D eigenvalue weighted by Crippen LogP contribution is -2.61. The molecule has 0 saturated carbocycles. The smallest absolute Gasteiger partial charge is 0.229 e. The van der Waals surface area contributed by atoms with E-state index in [-0.39, 0.29) is 17.9 Å². The van der Waals surface area contributed by atoms with Crippen molar-refractivity contribution < 1.29 is 9.53 Å². The van der Waals surface area contributed by atoms with Gasteiger partial charge in [-0.1, -0.05) is 18.2 Å². The molecule has 28 heavy (non-hydrogen) atoms. The van der Waals surface area contributed by atoms with Crippen molar-refractivity contribution in [1.82, 2.24) is 24.7 Å². The first-order valence-corrected chi connectivity index (χ1v) is 9.51. The number of aryl methyl sites for hydroxylation is 1. The van der Waals surface area contributed by atoms with Crippen LogP contribution in [-0.2, 0) is 11.2 Å². The Morgan fingerprint density at radius 2 is 2.00 bits per heavy atom. The Balaban J connectivity index is 1.23. The molecule has 144 valence electrons. The molecule has 1 unspecified atom stereocenters. The average Bonchev–Trinajstić information content (AvgIpc) is 3.06. The number of hydrogen-bond donors (Lipinski definition) is 0. The largest absolute Gasteiger partial charge is 0.492 e. The normalized spacial score (nSPS) is 19.1.